The summed E-state index contributed by atoms with van der Waals surface area (Å²) in [4.78, 5) is 6.45. The molecule has 0 N–H and O–H groups in total. The van der Waals surface area contributed by atoms with E-state index in [0.717, 1.165) is 19.5 Å². The molecule has 2 rings (SSSR count). The molecule has 0 aliphatic heterocycles. The Bertz CT molecular complexity index is 491. The molecule has 0 aliphatic rings. The number of pyridine rings is 1. The van der Waals surface area contributed by atoms with Gasteiger partial charge in [-0.05, 0) is 54.8 Å². The summed E-state index contributed by atoms with van der Waals surface area (Å²) in [6.07, 6.45) is 7.37. The quantitative estimate of drug-likeness (QED) is 0.757. The Hall–Kier alpha value is -1.67. The topological polar surface area (TPSA) is 16.1 Å². The monoisotopic (exact) mass is 267 g/mol. The van der Waals surface area contributed by atoms with Gasteiger partial charge in [0.1, 0.15) is 0 Å². The summed E-state index contributed by atoms with van der Waals surface area (Å²) < 4.78 is 0. The van der Waals surface area contributed by atoms with Crippen LogP contribution in [0.1, 0.15) is 36.5 Å². The molecule has 0 amide bonds. The molecule has 0 bridgehead atoms. The number of aryl methyl sites for hydroxylation is 1. The Balaban J connectivity index is 1.86. The molecular formula is C18H23N2. The van der Waals surface area contributed by atoms with Crippen molar-refractivity contribution in [1.82, 2.24) is 9.88 Å². The van der Waals surface area contributed by atoms with Crippen molar-refractivity contribution >= 4 is 0 Å². The van der Waals surface area contributed by atoms with Crippen LogP contribution in [0.3, 0.4) is 0 Å². The summed E-state index contributed by atoms with van der Waals surface area (Å²) in [6, 6.07) is 14.1. The third-order valence-electron chi connectivity index (χ3n) is 3.37. The first kappa shape index (κ1) is 14.7. The third kappa shape index (κ3) is 4.78. The van der Waals surface area contributed by atoms with Crippen LogP contribution in [0.4, 0.5) is 0 Å². The average Bonchev–Trinajstić information content (AvgIpc) is 2.47. The van der Waals surface area contributed by atoms with Gasteiger partial charge in [-0.15, -0.1) is 0 Å². The van der Waals surface area contributed by atoms with Crippen LogP contribution in [0.15, 0.2) is 42.7 Å². The van der Waals surface area contributed by atoms with E-state index in [9.17, 15) is 0 Å². The van der Waals surface area contributed by atoms with Crippen molar-refractivity contribution in [3.63, 3.8) is 0 Å². The summed E-state index contributed by atoms with van der Waals surface area (Å²) in [6.45, 7) is 4.09. The Labute approximate surface area is 122 Å². The molecule has 20 heavy (non-hydrogen) atoms. The Morgan fingerprint density at radius 1 is 1.15 bits per heavy atom. The van der Waals surface area contributed by atoms with Crippen LogP contribution in [0.5, 0.6) is 0 Å². The van der Waals surface area contributed by atoms with Gasteiger partial charge in [-0.1, -0.05) is 31.5 Å². The van der Waals surface area contributed by atoms with Gasteiger partial charge in [0.25, 0.3) is 0 Å². The van der Waals surface area contributed by atoms with E-state index in [1.165, 1.54) is 29.5 Å². The number of aromatic nitrogens is 1. The molecule has 0 saturated heterocycles. The zero-order valence-electron chi connectivity index (χ0n) is 12.5. The highest BCUT2D eigenvalue weighted by molar-refractivity contribution is 5.21. The van der Waals surface area contributed by atoms with Gasteiger partial charge in [0.2, 0.25) is 0 Å². The molecule has 2 aromatic rings. The van der Waals surface area contributed by atoms with Crippen LogP contribution in [0.2, 0.25) is 0 Å². The van der Waals surface area contributed by atoms with Crippen LogP contribution in [-0.2, 0) is 19.5 Å². The van der Waals surface area contributed by atoms with Crippen molar-refractivity contribution in [2.75, 3.05) is 7.05 Å². The van der Waals surface area contributed by atoms with Crippen LogP contribution in [0.25, 0.3) is 0 Å². The van der Waals surface area contributed by atoms with E-state index in [4.69, 9.17) is 0 Å². The number of hydrogen-bond acceptors (Lipinski definition) is 2. The summed E-state index contributed by atoms with van der Waals surface area (Å²) >= 11 is 0. The molecule has 1 aromatic heterocycles. The highest BCUT2D eigenvalue weighted by Crippen LogP contribution is 2.10. The lowest BCUT2D eigenvalue weighted by Crippen LogP contribution is -2.17. The van der Waals surface area contributed by atoms with Crippen molar-refractivity contribution in [3.05, 3.63) is 65.5 Å². The second-order valence-electron chi connectivity index (χ2n) is 5.36. The first-order valence-electron chi connectivity index (χ1n) is 7.35. The molecule has 0 spiro atoms. The minimum atomic E-state index is 0.922. The molecule has 0 fully saturated rings. The molecule has 0 aliphatic carbocycles. The Kier molecular flexibility index (Phi) is 5.75. The van der Waals surface area contributed by atoms with E-state index in [-0.39, 0.29) is 0 Å². The maximum atomic E-state index is 4.15. The lowest BCUT2D eigenvalue weighted by atomic mass is 10.1. The van der Waals surface area contributed by atoms with Gasteiger partial charge in [-0.25, -0.2) is 0 Å². The summed E-state index contributed by atoms with van der Waals surface area (Å²) in [5.74, 6) is 0. The molecule has 1 radical (unpaired) electrons. The zero-order chi connectivity index (χ0) is 14.2. The van der Waals surface area contributed by atoms with Crippen molar-refractivity contribution in [3.8, 4) is 0 Å². The lowest BCUT2D eigenvalue weighted by Gasteiger charge is -2.16. The summed E-state index contributed by atoms with van der Waals surface area (Å²) in [5.41, 5.74) is 3.89. The van der Waals surface area contributed by atoms with Crippen molar-refractivity contribution in [2.24, 2.45) is 0 Å². The minimum absolute atomic E-state index is 0.922. The standard InChI is InChI=1S/C18H23N2/c1-3-4-6-16-8-10-17(11-9-16)14-20(2)15-18-7-5-12-19-13-18/h5,7-8,10-13H,3-4,6,14-15H2,1-2H3. The molecule has 1 aromatic carbocycles. The first-order chi connectivity index (χ1) is 9.78. The first-order valence-corrected chi connectivity index (χ1v) is 7.35. The largest absolute Gasteiger partial charge is 0.298 e. The maximum absolute atomic E-state index is 4.15. The number of hydrogen-bond donors (Lipinski definition) is 0. The fraction of sp³-hybridized carbons (Fsp3) is 0.389. The van der Waals surface area contributed by atoms with Crippen molar-refractivity contribution in [2.45, 2.75) is 39.3 Å². The number of rotatable bonds is 7. The highest BCUT2D eigenvalue weighted by atomic mass is 15.1. The van der Waals surface area contributed by atoms with E-state index in [2.05, 4.69) is 54.2 Å². The smallest absolute Gasteiger partial charge is 0.0312 e. The molecule has 0 atom stereocenters. The predicted molar refractivity (Wildman–Crippen MR) is 83.3 cm³/mol. The highest BCUT2D eigenvalue weighted by Gasteiger charge is 2.02. The summed E-state index contributed by atoms with van der Waals surface area (Å²) in [7, 11) is 2.14. The minimum Gasteiger partial charge on any atom is -0.298 e. The van der Waals surface area contributed by atoms with E-state index in [0.29, 0.717) is 0 Å². The van der Waals surface area contributed by atoms with E-state index in [1.54, 1.807) is 0 Å². The third-order valence-corrected chi connectivity index (χ3v) is 3.37. The number of unbranched alkanes of at least 4 members (excludes halogenated alkanes) is 1. The van der Waals surface area contributed by atoms with Gasteiger partial charge in [0.05, 0.1) is 0 Å². The summed E-state index contributed by atoms with van der Waals surface area (Å²) in [5, 5.41) is 0. The average molecular weight is 267 g/mol. The Morgan fingerprint density at radius 3 is 2.65 bits per heavy atom. The van der Waals surface area contributed by atoms with E-state index < -0.39 is 0 Å². The van der Waals surface area contributed by atoms with Crippen LogP contribution in [-0.4, -0.2) is 16.9 Å². The van der Waals surface area contributed by atoms with Gasteiger partial charge in [0.15, 0.2) is 0 Å². The van der Waals surface area contributed by atoms with Gasteiger partial charge in [0, 0.05) is 25.5 Å². The lowest BCUT2D eigenvalue weighted by molar-refractivity contribution is 0.318. The van der Waals surface area contributed by atoms with Crippen LogP contribution >= 0.6 is 0 Å². The van der Waals surface area contributed by atoms with Gasteiger partial charge >= 0.3 is 0 Å². The Morgan fingerprint density at radius 2 is 2.00 bits per heavy atom. The SMILES string of the molecule is CCCCc1[c]cc(CN(C)Cc2cccnc2)cc1. The second kappa shape index (κ2) is 7.81. The van der Waals surface area contributed by atoms with Crippen LogP contribution in [0, 0.1) is 6.07 Å². The molecule has 0 unspecified atom stereocenters. The van der Waals surface area contributed by atoms with Crippen LogP contribution < -0.4 is 0 Å². The molecule has 1 heterocycles. The number of benzene rings is 1. The van der Waals surface area contributed by atoms with Crippen molar-refractivity contribution in [1.29, 1.82) is 0 Å². The fourth-order valence-corrected chi connectivity index (χ4v) is 2.28. The molecule has 0 saturated carbocycles. The van der Waals surface area contributed by atoms with E-state index in [1.807, 2.05) is 18.5 Å². The van der Waals surface area contributed by atoms with E-state index >= 15 is 0 Å². The second-order valence-corrected chi connectivity index (χ2v) is 5.36. The predicted octanol–water partition coefficient (Wildman–Crippen LogP) is 3.86. The van der Waals surface area contributed by atoms with Gasteiger partial charge < -0.3 is 0 Å². The zero-order valence-corrected chi connectivity index (χ0v) is 12.5. The molecular weight excluding hydrogens is 244 g/mol. The van der Waals surface area contributed by atoms with Crippen molar-refractivity contribution < 1.29 is 0 Å². The van der Waals surface area contributed by atoms with Gasteiger partial charge in [-0.2, -0.15) is 0 Å². The molecule has 105 valence electrons. The normalized spacial score (nSPS) is 10.9. The maximum Gasteiger partial charge on any atom is 0.0312 e. The fourth-order valence-electron chi connectivity index (χ4n) is 2.28. The van der Waals surface area contributed by atoms with Gasteiger partial charge in [-0.3, -0.25) is 9.88 Å². The molecule has 2 nitrogen and oxygen atoms in total. The molecule has 2 heteroatoms. The number of nitrogens with zero attached hydrogens (tertiary/aromatic N) is 2.